The van der Waals surface area contributed by atoms with Gasteiger partial charge in [-0.25, -0.2) is 4.98 Å². The molecule has 0 aliphatic rings. The van der Waals surface area contributed by atoms with Crippen molar-refractivity contribution in [2.45, 2.75) is 22.9 Å². The van der Waals surface area contributed by atoms with E-state index >= 15 is 0 Å². The highest BCUT2D eigenvalue weighted by Gasteiger charge is 2.14. The Kier molecular flexibility index (Phi) is 5.98. The average molecular weight is 446 g/mol. The summed E-state index contributed by atoms with van der Waals surface area (Å²) in [6.07, 6.45) is 4.16. The molecule has 0 bridgehead atoms. The number of hydrogen-bond acceptors (Lipinski definition) is 7. The maximum Gasteiger partial charge on any atom is 0.227 e. The third-order valence-corrected chi connectivity index (χ3v) is 6.08. The van der Waals surface area contributed by atoms with Gasteiger partial charge in [-0.3, -0.25) is 4.79 Å². The van der Waals surface area contributed by atoms with Crippen molar-refractivity contribution in [2.75, 3.05) is 5.32 Å². The van der Waals surface area contributed by atoms with Crippen molar-refractivity contribution in [1.29, 1.82) is 0 Å². The van der Waals surface area contributed by atoms with Gasteiger partial charge in [0.15, 0.2) is 5.16 Å². The molecule has 0 aliphatic carbocycles. The van der Waals surface area contributed by atoms with Gasteiger partial charge in [0.2, 0.25) is 17.6 Å². The Bertz CT molecular complexity index is 1120. The zero-order valence-electron chi connectivity index (χ0n) is 15.3. The summed E-state index contributed by atoms with van der Waals surface area (Å²) in [6, 6.07) is 7.30. The van der Waals surface area contributed by atoms with Crippen LogP contribution in [-0.4, -0.2) is 25.6 Å². The molecule has 1 N–H and O–H groups in total. The van der Waals surface area contributed by atoms with Gasteiger partial charge in [-0.2, -0.15) is 16.3 Å². The lowest BCUT2D eigenvalue weighted by Gasteiger charge is -2.11. The zero-order valence-corrected chi connectivity index (χ0v) is 17.7. The number of anilines is 1. The number of benzene rings is 1. The largest absolute Gasteiger partial charge is 0.339 e. The summed E-state index contributed by atoms with van der Waals surface area (Å²) in [6.45, 7) is 0. The summed E-state index contributed by atoms with van der Waals surface area (Å²) in [4.78, 5) is 22.0. The summed E-state index contributed by atoms with van der Waals surface area (Å²) < 4.78 is 7.15. The number of hydrogen-bond donors (Lipinski definition) is 1. The second-order valence-electron chi connectivity index (χ2n) is 6.14. The number of carbonyl (C=O) groups excluding carboxylic acids is 1. The fourth-order valence-electron chi connectivity index (χ4n) is 2.54. The first-order valence-corrected chi connectivity index (χ1v) is 10.8. The molecule has 1 aromatic carbocycles. The quantitative estimate of drug-likeness (QED) is 0.435. The van der Waals surface area contributed by atoms with Crippen molar-refractivity contribution in [1.82, 2.24) is 19.7 Å². The van der Waals surface area contributed by atoms with Crippen LogP contribution in [0.5, 0.6) is 0 Å². The van der Waals surface area contributed by atoms with E-state index in [-0.39, 0.29) is 12.3 Å². The van der Waals surface area contributed by atoms with Gasteiger partial charge >= 0.3 is 0 Å². The van der Waals surface area contributed by atoms with Crippen LogP contribution in [0.15, 0.2) is 62.0 Å². The lowest BCUT2D eigenvalue weighted by atomic mass is 10.2. The molecule has 4 aromatic rings. The highest BCUT2D eigenvalue weighted by atomic mass is 35.5. The number of aryl methyl sites for hydroxylation is 2. The summed E-state index contributed by atoms with van der Waals surface area (Å²) in [5.74, 6) is 0.796. The Morgan fingerprint density at radius 3 is 3.03 bits per heavy atom. The van der Waals surface area contributed by atoms with E-state index in [2.05, 4.69) is 20.4 Å². The summed E-state index contributed by atoms with van der Waals surface area (Å²) in [7, 11) is 1.91. The number of amides is 1. The van der Waals surface area contributed by atoms with Gasteiger partial charge in [0, 0.05) is 53.1 Å². The first kappa shape index (κ1) is 19.7. The molecule has 0 fully saturated rings. The van der Waals surface area contributed by atoms with Crippen LogP contribution in [0.25, 0.3) is 11.4 Å². The number of rotatable bonds is 7. The molecule has 0 unspecified atom stereocenters. The average Bonchev–Trinajstić information content (AvgIpc) is 3.44. The van der Waals surface area contributed by atoms with Gasteiger partial charge < -0.3 is 14.4 Å². The number of carbonyl (C=O) groups is 1. The van der Waals surface area contributed by atoms with Crippen LogP contribution in [0, 0.1) is 0 Å². The molecule has 0 atom stereocenters. The van der Waals surface area contributed by atoms with Gasteiger partial charge in [-0.15, -0.1) is 0 Å². The molecule has 10 heteroatoms. The molecule has 1 amide bonds. The Balaban J connectivity index is 1.40. The predicted octanol–water partition coefficient (Wildman–Crippen LogP) is 4.91. The lowest BCUT2D eigenvalue weighted by molar-refractivity contribution is -0.116. The van der Waals surface area contributed by atoms with E-state index in [1.54, 1.807) is 29.7 Å². The summed E-state index contributed by atoms with van der Waals surface area (Å²) in [5, 5.41) is 12.1. The van der Waals surface area contributed by atoms with E-state index in [9.17, 15) is 4.79 Å². The number of halogens is 1. The van der Waals surface area contributed by atoms with Crippen molar-refractivity contribution in [3.63, 3.8) is 0 Å². The van der Waals surface area contributed by atoms with Crippen molar-refractivity contribution in [3.8, 4) is 11.4 Å². The number of nitrogens with one attached hydrogen (secondary N) is 1. The van der Waals surface area contributed by atoms with Gasteiger partial charge in [0.1, 0.15) is 0 Å². The van der Waals surface area contributed by atoms with Crippen LogP contribution in [0.1, 0.15) is 12.3 Å². The van der Waals surface area contributed by atoms with Crippen LogP contribution < -0.4 is 5.32 Å². The lowest BCUT2D eigenvalue weighted by Crippen LogP contribution is -2.13. The van der Waals surface area contributed by atoms with Crippen molar-refractivity contribution < 1.29 is 9.32 Å². The molecule has 3 heterocycles. The normalized spacial score (nSPS) is 11.0. The minimum Gasteiger partial charge on any atom is -0.339 e. The summed E-state index contributed by atoms with van der Waals surface area (Å²) in [5.41, 5.74) is 1.55. The molecule has 0 saturated heterocycles. The Labute approximate surface area is 180 Å². The second kappa shape index (κ2) is 8.81. The number of thiophene rings is 1. The highest BCUT2D eigenvalue weighted by Crippen LogP contribution is 2.34. The van der Waals surface area contributed by atoms with Gasteiger partial charge in [-0.1, -0.05) is 16.8 Å². The van der Waals surface area contributed by atoms with Gasteiger partial charge in [0.25, 0.3) is 0 Å². The molecule has 29 heavy (non-hydrogen) atoms. The number of aromatic nitrogens is 4. The monoisotopic (exact) mass is 445 g/mol. The molecule has 0 radical (unpaired) electrons. The van der Waals surface area contributed by atoms with E-state index in [1.165, 1.54) is 11.8 Å². The first-order chi connectivity index (χ1) is 14.1. The van der Waals surface area contributed by atoms with Crippen molar-refractivity contribution in [2.24, 2.45) is 7.05 Å². The Morgan fingerprint density at radius 1 is 1.38 bits per heavy atom. The fraction of sp³-hybridized carbons (Fsp3) is 0.158. The van der Waals surface area contributed by atoms with E-state index < -0.39 is 0 Å². The smallest absolute Gasteiger partial charge is 0.227 e. The SMILES string of the molecule is Cn1ccnc1Sc1ccc(Cl)cc1NC(=O)CCc1nc(-c2ccsc2)no1. The third kappa shape index (κ3) is 4.87. The molecular weight excluding hydrogens is 430 g/mol. The van der Waals surface area contributed by atoms with Gasteiger partial charge in [-0.05, 0) is 41.4 Å². The van der Waals surface area contributed by atoms with Crippen LogP contribution in [0.3, 0.4) is 0 Å². The minimum atomic E-state index is -0.163. The molecular formula is C19H16ClN5O2S2. The Morgan fingerprint density at radius 2 is 2.28 bits per heavy atom. The molecule has 0 saturated carbocycles. The zero-order chi connectivity index (χ0) is 20.2. The standard InChI is InChI=1S/C19H16ClN5O2S2/c1-25-8-7-21-19(25)29-15-3-2-13(20)10-14(15)22-16(26)4-5-17-23-18(24-27-17)12-6-9-28-11-12/h2-3,6-11H,4-5H2,1H3,(H,22,26). The number of nitrogens with zero attached hydrogens (tertiary/aromatic N) is 4. The van der Waals surface area contributed by atoms with Crippen molar-refractivity contribution >= 4 is 46.3 Å². The maximum atomic E-state index is 12.5. The van der Waals surface area contributed by atoms with Crippen molar-refractivity contribution in [3.05, 3.63) is 58.3 Å². The minimum absolute atomic E-state index is 0.163. The molecule has 4 rings (SSSR count). The van der Waals surface area contributed by atoms with Crippen LogP contribution in [-0.2, 0) is 18.3 Å². The summed E-state index contributed by atoms with van der Waals surface area (Å²) >= 11 is 9.14. The van der Waals surface area contributed by atoms with E-state index in [4.69, 9.17) is 16.1 Å². The molecule has 3 aromatic heterocycles. The predicted molar refractivity (Wildman–Crippen MR) is 113 cm³/mol. The molecule has 148 valence electrons. The molecule has 7 nitrogen and oxygen atoms in total. The first-order valence-electron chi connectivity index (χ1n) is 8.68. The van der Waals surface area contributed by atoms with Gasteiger partial charge in [0.05, 0.1) is 5.69 Å². The van der Waals surface area contributed by atoms with Crippen LogP contribution in [0.2, 0.25) is 5.02 Å². The highest BCUT2D eigenvalue weighted by molar-refractivity contribution is 7.99. The number of imidazole rings is 1. The van der Waals surface area contributed by atoms with E-state index in [0.717, 1.165) is 15.6 Å². The molecule has 0 spiro atoms. The maximum absolute atomic E-state index is 12.5. The molecule has 0 aliphatic heterocycles. The van der Waals surface area contributed by atoms with E-state index in [0.29, 0.717) is 28.8 Å². The topological polar surface area (TPSA) is 85.8 Å². The van der Waals surface area contributed by atoms with E-state index in [1.807, 2.05) is 40.7 Å². The van der Waals surface area contributed by atoms with Crippen LogP contribution >= 0.6 is 34.7 Å². The Hall–Kier alpha value is -2.62. The van der Waals surface area contributed by atoms with Crippen LogP contribution in [0.4, 0.5) is 5.69 Å². The fourth-order valence-corrected chi connectivity index (χ4v) is 4.21. The second-order valence-corrected chi connectivity index (χ2v) is 8.36. The third-order valence-electron chi connectivity index (χ3n) is 4.01.